The predicted octanol–water partition coefficient (Wildman–Crippen LogP) is 3.35. The Morgan fingerprint density at radius 1 is 1.44 bits per heavy atom. The summed E-state index contributed by atoms with van der Waals surface area (Å²) >= 11 is 3.41. The minimum absolute atomic E-state index is 0.0515. The molecule has 0 radical (unpaired) electrons. The van der Waals surface area contributed by atoms with E-state index in [1.54, 1.807) is 0 Å². The number of carbonyl (C=O) groups is 1. The fourth-order valence-corrected chi connectivity index (χ4v) is 1.94. The Hall–Kier alpha value is -1.42. The fourth-order valence-electron chi connectivity index (χ4n) is 1.54. The molecule has 0 spiro atoms. The number of aromatic amines is 1. The molecule has 1 N–H and O–H groups in total. The summed E-state index contributed by atoms with van der Waals surface area (Å²) in [4.78, 5) is 18.5. The van der Waals surface area contributed by atoms with E-state index in [9.17, 15) is 4.79 Å². The van der Waals surface area contributed by atoms with Gasteiger partial charge in [-0.3, -0.25) is 4.79 Å². The summed E-state index contributed by atoms with van der Waals surface area (Å²) in [6, 6.07) is 7.85. The number of hydrogen-bond acceptors (Lipinski definition) is 2. The number of H-pyrrole nitrogens is 1. The average Bonchev–Trinajstić information content (AvgIpc) is 2.60. The number of rotatable bonds is 2. The van der Waals surface area contributed by atoms with Gasteiger partial charge in [-0.1, -0.05) is 28.1 Å². The normalized spacial score (nSPS) is 10.4. The van der Waals surface area contributed by atoms with Crippen molar-refractivity contribution >= 4 is 21.7 Å². The van der Waals surface area contributed by atoms with Crippen molar-refractivity contribution in [3.8, 4) is 11.3 Å². The molecule has 1 heterocycles. The molecule has 2 rings (SSSR count). The van der Waals surface area contributed by atoms with E-state index in [1.807, 2.05) is 31.2 Å². The molecule has 0 bridgehead atoms. The maximum Gasteiger partial charge on any atom is 0.195 e. The predicted molar refractivity (Wildman–Crippen MR) is 66.5 cm³/mol. The Morgan fingerprint density at radius 3 is 2.75 bits per heavy atom. The van der Waals surface area contributed by atoms with Gasteiger partial charge in [0.15, 0.2) is 11.6 Å². The van der Waals surface area contributed by atoms with Gasteiger partial charge in [0.05, 0.1) is 5.69 Å². The van der Waals surface area contributed by atoms with Crippen LogP contribution in [0.3, 0.4) is 0 Å². The second-order valence-corrected chi connectivity index (χ2v) is 4.54. The zero-order chi connectivity index (χ0) is 11.7. The maximum absolute atomic E-state index is 11.2. The Morgan fingerprint density at radius 2 is 2.19 bits per heavy atom. The molecule has 0 unspecified atom stereocenters. The van der Waals surface area contributed by atoms with Crippen LogP contribution in [0, 0.1) is 6.92 Å². The quantitative estimate of drug-likeness (QED) is 0.857. The summed E-state index contributed by atoms with van der Waals surface area (Å²) in [5, 5.41) is 0. The van der Waals surface area contributed by atoms with E-state index in [-0.39, 0.29) is 5.78 Å². The molecule has 0 atom stereocenters. The number of carbonyl (C=O) groups excluding carboxylic acids is 1. The van der Waals surface area contributed by atoms with E-state index < -0.39 is 0 Å². The van der Waals surface area contributed by atoms with Gasteiger partial charge in [0, 0.05) is 22.7 Å². The van der Waals surface area contributed by atoms with Gasteiger partial charge in [-0.2, -0.15) is 0 Å². The third-order valence-electron chi connectivity index (χ3n) is 2.32. The summed E-state index contributed by atoms with van der Waals surface area (Å²) in [6.45, 7) is 3.42. The number of ketones is 1. The second kappa shape index (κ2) is 4.22. The van der Waals surface area contributed by atoms with Gasteiger partial charge in [-0.05, 0) is 19.1 Å². The first-order valence-corrected chi connectivity index (χ1v) is 5.70. The van der Waals surface area contributed by atoms with Crippen LogP contribution in [0.5, 0.6) is 0 Å². The first-order chi connectivity index (χ1) is 7.58. The summed E-state index contributed by atoms with van der Waals surface area (Å²) < 4.78 is 0.997. The Bertz CT molecular complexity index is 546. The third-order valence-corrected chi connectivity index (χ3v) is 2.81. The molecule has 0 aliphatic heterocycles. The number of nitrogens with zero attached hydrogens (tertiary/aromatic N) is 1. The van der Waals surface area contributed by atoms with Crippen molar-refractivity contribution in [3.05, 3.63) is 40.3 Å². The zero-order valence-electron chi connectivity index (χ0n) is 9.04. The summed E-state index contributed by atoms with van der Waals surface area (Å²) in [6.07, 6.45) is 0. The third kappa shape index (κ3) is 2.07. The molecular weight excluding hydrogens is 268 g/mol. The Labute approximate surface area is 102 Å². The van der Waals surface area contributed by atoms with Crippen LogP contribution >= 0.6 is 15.9 Å². The van der Waals surface area contributed by atoms with Crippen LogP contribution in [0.25, 0.3) is 11.3 Å². The molecule has 4 heteroatoms. The number of imidazole rings is 1. The van der Waals surface area contributed by atoms with Crippen molar-refractivity contribution in [1.82, 2.24) is 9.97 Å². The summed E-state index contributed by atoms with van der Waals surface area (Å²) in [5.74, 6) is 0.358. The van der Waals surface area contributed by atoms with Gasteiger partial charge >= 0.3 is 0 Å². The van der Waals surface area contributed by atoms with Crippen LogP contribution in [-0.2, 0) is 0 Å². The SMILES string of the molecule is CC(=O)c1nc(-c2cccc(Br)c2)c(C)[nH]1. The highest BCUT2D eigenvalue weighted by atomic mass is 79.9. The van der Waals surface area contributed by atoms with Gasteiger partial charge in [0.2, 0.25) is 0 Å². The molecule has 1 aromatic heterocycles. The van der Waals surface area contributed by atoms with Gasteiger partial charge in [-0.15, -0.1) is 0 Å². The minimum atomic E-state index is -0.0515. The molecule has 0 saturated heterocycles. The molecule has 0 aliphatic carbocycles. The molecule has 0 amide bonds. The molecule has 1 aromatic carbocycles. The number of aromatic nitrogens is 2. The molecule has 0 saturated carbocycles. The number of benzene rings is 1. The highest BCUT2D eigenvalue weighted by Crippen LogP contribution is 2.24. The summed E-state index contributed by atoms with van der Waals surface area (Å²) in [5.41, 5.74) is 2.73. The van der Waals surface area contributed by atoms with Crippen molar-refractivity contribution in [3.63, 3.8) is 0 Å². The molecule has 16 heavy (non-hydrogen) atoms. The lowest BCUT2D eigenvalue weighted by Crippen LogP contribution is -1.94. The van der Waals surface area contributed by atoms with Gasteiger partial charge in [-0.25, -0.2) is 4.98 Å². The number of aryl methyl sites for hydroxylation is 1. The van der Waals surface area contributed by atoms with Crippen LogP contribution in [0.2, 0.25) is 0 Å². The first-order valence-electron chi connectivity index (χ1n) is 4.91. The number of Topliss-reactive ketones (excluding diaryl/α,β-unsaturated/α-hetero) is 1. The Kier molecular flexibility index (Phi) is 2.92. The lowest BCUT2D eigenvalue weighted by molar-refractivity contribution is 0.100. The largest absolute Gasteiger partial charge is 0.339 e. The van der Waals surface area contributed by atoms with Crippen molar-refractivity contribution < 1.29 is 4.79 Å². The molecule has 0 aliphatic rings. The van der Waals surface area contributed by atoms with Gasteiger partial charge < -0.3 is 4.98 Å². The van der Waals surface area contributed by atoms with E-state index in [2.05, 4.69) is 25.9 Å². The monoisotopic (exact) mass is 278 g/mol. The number of hydrogen-bond donors (Lipinski definition) is 1. The fraction of sp³-hybridized carbons (Fsp3) is 0.167. The molecule has 3 nitrogen and oxygen atoms in total. The van der Waals surface area contributed by atoms with E-state index in [4.69, 9.17) is 0 Å². The van der Waals surface area contributed by atoms with Crippen LogP contribution in [0.15, 0.2) is 28.7 Å². The molecule has 0 fully saturated rings. The Balaban J connectivity index is 2.52. The maximum atomic E-state index is 11.2. The average molecular weight is 279 g/mol. The summed E-state index contributed by atoms with van der Waals surface area (Å²) in [7, 11) is 0. The lowest BCUT2D eigenvalue weighted by atomic mass is 10.1. The number of halogens is 1. The standard InChI is InChI=1S/C12H11BrN2O/c1-7-11(15-12(14-7)8(2)16)9-4-3-5-10(13)6-9/h3-6H,1-2H3,(H,14,15). The minimum Gasteiger partial charge on any atom is -0.339 e. The highest BCUT2D eigenvalue weighted by Gasteiger charge is 2.11. The van der Waals surface area contributed by atoms with Crippen LogP contribution in [-0.4, -0.2) is 15.8 Å². The zero-order valence-corrected chi connectivity index (χ0v) is 10.6. The van der Waals surface area contributed by atoms with E-state index in [0.29, 0.717) is 5.82 Å². The topological polar surface area (TPSA) is 45.8 Å². The highest BCUT2D eigenvalue weighted by molar-refractivity contribution is 9.10. The van der Waals surface area contributed by atoms with Crippen molar-refractivity contribution in [2.75, 3.05) is 0 Å². The van der Waals surface area contributed by atoms with Crippen molar-refractivity contribution in [2.24, 2.45) is 0 Å². The van der Waals surface area contributed by atoms with E-state index >= 15 is 0 Å². The van der Waals surface area contributed by atoms with Crippen LogP contribution in [0.4, 0.5) is 0 Å². The number of nitrogens with one attached hydrogen (secondary N) is 1. The first kappa shape index (κ1) is 11.1. The van der Waals surface area contributed by atoms with Crippen LogP contribution in [0.1, 0.15) is 23.2 Å². The van der Waals surface area contributed by atoms with Gasteiger partial charge in [0.25, 0.3) is 0 Å². The van der Waals surface area contributed by atoms with Crippen molar-refractivity contribution in [1.29, 1.82) is 0 Å². The van der Waals surface area contributed by atoms with Crippen LogP contribution < -0.4 is 0 Å². The van der Waals surface area contributed by atoms with Gasteiger partial charge in [0.1, 0.15) is 0 Å². The van der Waals surface area contributed by atoms with E-state index in [1.165, 1.54) is 6.92 Å². The lowest BCUT2D eigenvalue weighted by Gasteiger charge is -1.98. The smallest absolute Gasteiger partial charge is 0.195 e. The van der Waals surface area contributed by atoms with E-state index in [0.717, 1.165) is 21.4 Å². The molecular formula is C12H11BrN2O. The van der Waals surface area contributed by atoms with Crippen molar-refractivity contribution in [2.45, 2.75) is 13.8 Å². The molecule has 82 valence electrons. The molecule has 2 aromatic rings. The second-order valence-electron chi connectivity index (χ2n) is 3.63.